The summed E-state index contributed by atoms with van der Waals surface area (Å²) in [6.45, 7) is 0. The number of benzene rings is 2. The number of nitrogens with zero attached hydrogens (tertiary/aromatic N) is 4. The quantitative estimate of drug-likeness (QED) is 0.435. The minimum atomic E-state index is -2.92. The van der Waals surface area contributed by atoms with Crippen molar-refractivity contribution in [2.45, 2.75) is 49.2 Å². The number of halogens is 3. The lowest BCUT2D eigenvalue weighted by atomic mass is 9.83. The molecule has 0 radical (unpaired) electrons. The first-order valence-corrected chi connectivity index (χ1v) is 13.9. The molecule has 224 valence electrons. The smallest absolute Gasteiger partial charge is 0.255 e. The first kappa shape index (κ1) is 28.9. The number of pyridine rings is 1. The van der Waals surface area contributed by atoms with Crippen LogP contribution in [-0.4, -0.2) is 47.8 Å². The predicted octanol–water partition coefficient (Wildman–Crippen LogP) is 4.16. The molecular weight excluding hydrogens is 575 g/mol. The van der Waals surface area contributed by atoms with Crippen molar-refractivity contribution in [3.8, 4) is 11.8 Å². The number of carbonyl (C=O) groups excluding carboxylic acids is 3. The van der Waals surface area contributed by atoms with Gasteiger partial charge in [0, 0.05) is 42.4 Å². The van der Waals surface area contributed by atoms with E-state index in [1.807, 2.05) is 6.07 Å². The van der Waals surface area contributed by atoms with E-state index < -0.39 is 59.9 Å². The number of anilines is 2. The standard InChI is InChI=1S/C32H26F3N5O4/c1-44-26-7-3-6-24-23(26)10-12-32(24,30(43)38-21-16-31(34,35)17-21)40(22-5-2-4-20(33)15-22)29(42)25-8-9-28(41)39(25)27-14-19(18-36)11-13-37-27/h2-9,11,13-15,21,25H,10,12,16-17H2,1H3,(H,38,43)/t25-,32-/m0/s1. The molecule has 3 amide bonds. The van der Waals surface area contributed by atoms with E-state index in [0.717, 1.165) is 15.9 Å². The van der Waals surface area contributed by atoms with Gasteiger partial charge in [-0.1, -0.05) is 18.2 Å². The summed E-state index contributed by atoms with van der Waals surface area (Å²) >= 11 is 0. The van der Waals surface area contributed by atoms with E-state index in [1.165, 1.54) is 55.8 Å². The molecule has 1 aromatic heterocycles. The van der Waals surface area contributed by atoms with E-state index in [-0.39, 0.29) is 29.9 Å². The van der Waals surface area contributed by atoms with Crippen LogP contribution >= 0.6 is 0 Å². The molecule has 2 aliphatic carbocycles. The molecule has 3 aliphatic rings. The fourth-order valence-corrected chi connectivity index (χ4v) is 6.31. The number of hydrogen-bond donors (Lipinski definition) is 1. The van der Waals surface area contributed by atoms with Crippen LogP contribution in [0.25, 0.3) is 0 Å². The van der Waals surface area contributed by atoms with Crippen molar-refractivity contribution in [2.75, 3.05) is 16.9 Å². The molecule has 12 heteroatoms. The fourth-order valence-electron chi connectivity index (χ4n) is 6.31. The first-order valence-electron chi connectivity index (χ1n) is 13.9. The Morgan fingerprint density at radius 3 is 2.64 bits per heavy atom. The molecule has 2 atom stereocenters. The zero-order valence-electron chi connectivity index (χ0n) is 23.5. The molecule has 1 saturated carbocycles. The Morgan fingerprint density at radius 1 is 1.16 bits per heavy atom. The highest BCUT2D eigenvalue weighted by molar-refractivity contribution is 6.16. The molecule has 0 unspecified atom stereocenters. The molecule has 9 nitrogen and oxygen atoms in total. The third kappa shape index (κ3) is 4.74. The molecule has 1 aliphatic heterocycles. The zero-order valence-corrected chi connectivity index (χ0v) is 23.5. The molecule has 0 saturated heterocycles. The lowest BCUT2D eigenvalue weighted by Crippen LogP contribution is -2.64. The number of carbonyl (C=O) groups is 3. The molecular formula is C32H26F3N5O4. The second kappa shape index (κ2) is 10.8. The van der Waals surface area contributed by atoms with Gasteiger partial charge < -0.3 is 10.1 Å². The van der Waals surface area contributed by atoms with Crippen molar-refractivity contribution >= 4 is 29.2 Å². The van der Waals surface area contributed by atoms with Crippen LogP contribution in [0.1, 0.15) is 36.0 Å². The highest BCUT2D eigenvalue weighted by atomic mass is 19.3. The van der Waals surface area contributed by atoms with Crippen molar-refractivity contribution < 1.29 is 32.3 Å². The molecule has 0 bridgehead atoms. The second-order valence-electron chi connectivity index (χ2n) is 11.0. The number of rotatable bonds is 7. The number of aromatic nitrogens is 1. The monoisotopic (exact) mass is 601 g/mol. The highest BCUT2D eigenvalue weighted by Crippen LogP contribution is 2.49. The minimum absolute atomic E-state index is 0.0196. The Balaban J connectivity index is 1.52. The predicted molar refractivity (Wildman–Crippen MR) is 152 cm³/mol. The van der Waals surface area contributed by atoms with Crippen molar-refractivity contribution in [3.05, 3.63) is 95.5 Å². The minimum Gasteiger partial charge on any atom is -0.496 e. The van der Waals surface area contributed by atoms with Gasteiger partial charge in [-0.15, -0.1) is 0 Å². The molecule has 1 N–H and O–H groups in total. The maximum atomic E-state index is 14.8. The molecule has 1 fully saturated rings. The molecule has 6 rings (SSSR count). The summed E-state index contributed by atoms with van der Waals surface area (Å²) in [6.07, 6.45) is 3.05. The first-order chi connectivity index (χ1) is 21.1. The van der Waals surface area contributed by atoms with Gasteiger partial charge in [-0.05, 0) is 60.9 Å². The van der Waals surface area contributed by atoms with E-state index >= 15 is 0 Å². The lowest BCUT2D eigenvalue weighted by molar-refractivity contribution is -0.137. The lowest BCUT2D eigenvalue weighted by Gasteiger charge is -2.44. The summed E-state index contributed by atoms with van der Waals surface area (Å²) in [5.74, 6) is -5.18. The number of hydrogen-bond acceptors (Lipinski definition) is 6. The van der Waals surface area contributed by atoms with Crippen LogP contribution < -0.4 is 19.9 Å². The van der Waals surface area contributed by atoms with Gasteiger partial charge in [0.25, 0.3) is 23.6 Å². The van der Waals surface area contributed by atoms with Crippen LogP contribution in [0.3, 0.4) is 0 Å². The van der Waals surface area contributed by atoms with Crippen LogP contribution in [-0.2, 0) is 26.3 Å². The summed E-state index contributed by atoms with van der Waals surface area (Å²) in [6, 6.07) is 12.8. The summed E-state index contributed by atoms with van der Waals surface area (Å²) in [7, 11) is 1.47. The van der Waals surface area contributed by atoms with E-state index in [1.54, 1.807) is 18.2 Å². The molecule has 2 aromatic carbocycles. The summed E-state index contributed by atoms with van der Waals surface area (Å²) < 4.78 is 47.9. The summed E-state index contributed by atoms with van der Waals surface area (Å²) in [5.41, 5.74) is -0.578. The largest absolute Gasteiger partial charge is 0.496 e. The van der Waals surface area contributed by atoms with Crippen LogP contribution in [0, 0.1) is 17.1 Å². The number of nitriles is 1. The van der Waals surface area contributed by atoms with Gasteiger partial charge in [-0.3, -0.25) is 24.2 Å². The highest BCUT2D eigenvalue weighted by Gasteiger charge is 2.57. The molecule has 2 heterocycles. The van der Waals surface area contributed by atoms with Gasteiger partial charge in [0.1, 0.15) is 23.4 Å². The molecule has 44 heavy (non-hydrogen) atoms. The van der Waals surface area contributed by atoms with Crippen LogP contribution in [0.2, 0.25) is 0 Å². The van der Waals surface area contributed by atoms with Gasteiger partial charge in [-0.25, -0.2) is 18.2 Å². The average molecular weight is 602 g/mol. The molecule has 0 spiro atoms. The SMILES string of the molecule is COc1cccc2c1CC[C@]2(C(=O)NC1CC(F)(F)C1)N(C(=O)[C@@H]1C=CC(=O)N1c1cc(C#N)ccn1)c1cccc(F)c1. The fraction of sp³-hybridized carbons (Fsp3) is 0.281. The normalized spacial score (nSPS) is 21.8. The summed E-state index contributed by atoms with van der Waals surface area (Å²) in [5, 5.41) is 12.1. The number of amides is 3. The number of ether oxygens (including phenoxy) is 1. The van der Waals surface area contributed by atoms with Gasteiger partial charge in [0.05, 0.1) is 18.7 Å². The maximum absolute atomic E-state index is 14.8. The van der Waals surface area contributed by atoms with Crippen molar-refractivity contribution in [1.82, 2.24) is 10.3 Å². The van der Waals surface area contributed by atoms with Crippen molar-refractivity contribution in [1.29, 1.82) is 5.26 Å². The molecule has 3 aromatic rings. The van der Waals surface area contributed by atoms with Gasteiger partial charge in [-0.2, -0.15) is 5.26 Å². The van der Waals surface area contributed by atoms with Crippen LogP contribution in [0.15, 0.2) is 72.9 Å². The average Bonchev–Trinajstić information content (AvgIpc) is 3.58. The number of fused-ring (bicyclic) bond motifs is 1. The Labute approximate surface area is 250 Å². The van der Waals surface area contributed by atoms with Crippen LogP contribution in [0.5, 0.6) is 5.75 Å². The van der Waals surface area contributed by atoms with Crippen molar-refractivity contribution in [2.24, 2.45) is 0 Å². The van der Waals surface area contributed by atoms with Gasteiger partial charge in [0.2, 0.25) is 0 Å². The topological polar surface area (TPSA) is 116 Å². The zero-order chi connectivity index (χ0) is 31.2. The maximum Gasteiger partial charge on any atom is 0.255 e. The number of nitrogens with one attached hydrogen (secondary N) is 1. The second-order valence-corrected chi connectivity index (χ2v) is 11.0. The van der Waals surface area contributed by atoms with Crippen LogP contribution in [0.4, 0.5) is 24.7 Å². The Bertz CT molecular complexity index is 1750. The Kier molecular flexibility index (Phi) is 7.11. The van der Waals surface area contributed by atoms with Gasteiger partial charge >= 0.3 is 0 Å². The third-order valence-electron chi connectivity index (χ3n) is 8.32. The Hall–Kier alpha value is -5.18. The number of methoxy groups -OCH3 is 1. The van der Waals surface area contributed by atoms with E-state index in [2.05, 4.69) is 10.3 Å². The third-order valence-corrected chi connectivity index (χ3v) is 8.32. The Morgan fingerprint density at radius 2 is 1.93 bits per heavy atom. The van der Waals surface area contributed by atoms with E-state index in [4.69, 9.17) is 4.74 Å². The van der Waals surface area contributed by atoms with Gasteiger partial charge in [0.15, 0.2) is 5.54 Å². The van der Waals surface area contributed by atoms with E-state index in [9.17, 15) is 32.8 Å². The van der Waals surface area contributed by atoms with Crippen molar-refractivity contribution in [3.63, 3.8) is 0 Å². The summed E-state index contributed by atoms with van der Waals surface area (Å²) in [4.78, 5) is 48.8. The van der Waals surface area contributed by atoms with E-state index in [0.29, 0.717) is 16.9 Å². The number of alkyl halides is 2.